The molecule has 4 rings (SSSR count). The van der Waals surface area contributed by atoms with Gasteiger partial charge in [0, 0.05) is 18.8 Å². The number of para-hydroxylation sites is 2. The van der Waals surface area contributed by atoms with Crippen LogP contribution in [-0.4, -0.2) is 30.0 Å². The van der Waals surface area contributed by atoms with Gasteiger partial charge in [0.05, 0.1) is 17.1 Å². The van der Waals surface area contributed by atoms with Gasteiger partial charge in [-0.15, -0.1) is 0 Å². The Kier molecular flexibility index (Phi) is 7.17. The SMILES string of the molecule is Cc1cc(C)c(NC(=O)c2sc(NC(=O)Nc3ccccc3N3CCCCC3)nc2C)c(C)c1. The highest BCUT2D eigenvalue weighted by molar-refractivity contribution is 7.17. The van der Waals surface area contributed by atoms with Gasteiger partial charge in [-0.3, -0.25) is 10.1 Å². The molecule has 0 spiro atoms. The maximum atomic E-state index is 13.0. The van der Waals surface area contributed by atoms with Crippen molar-refractivity contribution in [1.82, 2.24) is 4.98 Å². The number of hydrogen-bond acceptors (Lipinski definition) is 5. The minimum absolute atomic E-state index is 0.228. The Morgan fingerprint density at radius 3 is 2.29 bits per heavy atom. The lowest BCUT2D eigenvalue weighted by Crippen LogP contribution is -2.30. The average Bonchev–Trinajstić information content (AvgIpc) is 3.16. The van der Waals surface area contributed by atoms with E-state index in [-0.39, 0.29) is 11.9 Å². The molecule has 3 amide bonds. The number of rotatable bonds is 5. The van der Waals surface area contributed by atoms with E-state index in [0.29, 0.717) is 15.7 Å². The number of amides is 3. The molecule has 0 aliphatic carbocycles. The van der Waals surface area contributed by atoms with Crippen LogP contribution in [0.1, 0.15) is 51.3 Å². The fourth-order valence-corrected chi connectivity index (χ4v) is 5.31. The second-order valence-electron chi connectivity index (χ2n) is 8.81. The van der Waals surface area contributed by atoms with Crippen LogP contribution in [0.3, 0.4) is 0 Å². The quantitative estimate of drug-likeness (QED) is 0.405. The third kappa shape index (κ3) is 5.39. The summed E-state index contributed by atoms with van der Waals surface area (Å²) in [6, 6.07) is 11.5. The van der Waals surface area contributed by atoms with E-state index in [1.807, 2.05) is 57.2 Å². The summed E-state index contributed by atoms with van der Waals surface area (Å²) in [6.45, 7) is 9.75. The van der Waals surface area contributed by atoms with Crippen molar-refractivity contribution in [2.24, 2.45) is 0 Å². The van der Waals surface area contributed by atoms with Crippen LogP contribution in [0.25, 0.3) is 0 Å². The van der Waals surface area contributed by atoms with E-state index in [0.717, 1.165) is 59.7 Å². The minimum Gasteiger partial charge on any atom is -0.370 e. The summed E-state index contributed by atoms with van der Waals surface area (Å²) in [4.78, 5) is 32.9. The Morgan fingerprint density at radius 2 is 1.59 bits per heavy atom. The van der Waals surface area contributed by atoms with Gasteiger partial charge in [0.25, 0.3) is 5.91 Å². The van der Waals surface area contributed by atoms with Crippen LogP contribution in [0, 0.1) is 27.7 Å². The predicted octanol–water partition coefficient (Wildman–Crippen LogP) is 6.26. The molecule has 2 aromatic carbocycles. The fraction of sp³-hybridized carbons (Fsp3) is 0.346. The van der Waals surface area contributed by atoms with Gasteiger partial charge in [0.2, 0.25) is 0 Å². The van der Waals surface area contributed by atoms with E-state index in [4.69, 9.17) is 0 Å². The van der Waals surface area contributed by atoms with E-state index in [2.05, 4.69) is 25.8 Å². The maximum absolute atomic E-state index is 13.0. The molecule has 1 fully saturated rings. The number of carbonyl (C=O) groups is 2. The van der Waals surface area contributed by atoms with Gasteiger partial charge in [-0.2, -0.15) is 0 Å². The molecular formula is C26H31N5O2S. The molecule has 3 aromatic rings. The van der Waals surface area contributed by atoms with Crippen LogP contribution < -0.4 is 20.9 Å². The van der Waals surface area contributed by atoms with Gasteiger partial charge in [0.1, 0.15) is 4.88 Å². The number of aromatic nitrogens is 1. The van der Waals surface area contributed by atoms with Gasteiger partial charge < -0.3 is 15.5 Å². The predicted molar refractivity (Wildman–Crippen MR) is 141 cm³/mol. The molecule has 0 radical (unpaired) electrons. The summed E-state index contributed by atoms with van der Waals surface area (Å²) in [7, 11) is 0. The zero-order chi connectivity index (χ0) is 24.2. The molecule has 8 heteroatoms. The molecular weight excluding hydrogens is 446 g/mol. The highest BCUT2D eigenvalue weighted by atomic mass is 32.1. The summed E-state index contributed by atoms with van der Waals surface area (Å²) in [5, 5.41) is 9.13. The molecule has 0 saturated carbocycles. The minimum atomic E-state index is -0.379. The third-order valence-electron chi connectivity index (χ3n) is 5.99. The van der Waals surface area contributed by atoms with Crippen molar-refractivity contribution in [1.29, 1.82) is 0 Å². The molecule has 3 N–H and O–H groups in total. The molecule has 178 valence electrons. The first-order valence-corrected chi connectivity index (χ1v) is 12.4. The summed E-state index contributed by atoms with van der Waals surface area (Å²) in [5.74, 6) is -0.228. The summed E-state index contributed by atoms with van der Waals surface area (Å²) < 4.78 is 0. The van der Waals surface area contributed by atoms with Crippen molar-refractivity contribution in [3.05, 3.63) is 63.7 Å². The van der Waals surface area contributed by atoms with Crippen LogP contribution in [0.5, 0.6) is 0 Å². The zero-order valence-corrected chi connectivity index (χ0v) is 20.9. The van der Waals surface area contributed by atoms with Crippen molar-refractivity contribution in [3.8, 4) is 0 Å². The molecule has 1 aliphatic rings. The Bertz CT molecular complexity index is 1190. The second-order valence-corrected chi connectivity index (χ2v) is 9.80. The van der Waals surface area contributed by atoms with Crippen LogP contribution in [0.15, 0.2) is 36.4 Å². The number of hydrogen-bond donors (Lipinski definition) is 3. The number of nitrogens with zero attached hydrogens (tertiary/aromatic N) is 2. The van der Waals surface area contributed by atoms with Crippen LogP contribution in [0.4, 0.5) is 27.0 Å². The average molecular weight is 478 g/mol. The van der Waals surface area contributed by atoms with Crippen molar-refractivity contribution < 1.29 is 9.59 Å². The maximum Gasteiger partial charge on any atom is 0.325 e. The zero-order valence-electron chi connectivity index (χ0n) is 20.1. The Morgan fingerprint density at radius 1 is 0.912 bits per heavy atom. The van der Waals surface area contributed by atoms with Gasteiger partial charge >= 0.3 is 6.03 Å². The van der Waals surface area contributed by atoms with Crippen molar-refractivity contribution in [2.75, 3.05) is 33.9 Å². The Labute approximate surface area is 204 Å². The molecule has 34 heavy (non-hydrogen) atoms. The van der Waals surface area contributed by atoms with Gasteiger partial charge in [-0.05, 0) is 70.2 Å². The first-order chi connectivity index (χ1) is 16.3. The normalized spacial score (nSPS) is 13.5. The summed E-state index contributed by atoms with van der Waals surface area (Å²) in [6.07, 6.45) is 3.56. The summed E-state index contributed by atoms with van der Waals surface area (Å²) >= 11 is 1.17. The number of carbonyl (C=O) groups excluding carboxylic acids is 2. The van der Waals surface area contributed by atoms with Crippen LogP contribution >= 0.6 is 11.3 Å². The van der Waals surface area contributed by atoms with Crippen molar-refractivity contribution in [2.45, 2.75) is 47.0 Å². The number of aryl methyl sites for hydroxylation is 4. The topological polar surface area (TPSA) is 86.4 Å². The molecule has 7 nitrogen and oxygen atoms in total. The number of anilines is 4. The lowest BCUT2D eigenvalue weighted by molar-refractivity contribution is 0.102. The van der Waals surface area contributed by atoms with E-state index >= 15 is 0 Å². The number of urea groups is 1. The van der Waals surface area contributed by atoms with Crippen molar-refractivity contribution in [3.63, 3.8) is 0 Å². The van der Waals surface area contributed by atoms with Crippen LogP contribution in [-0.2, 0) is 0 Å². The van der Waals surface area contributed by atoms with E-state index < -0.39 is 0 Å². The van der Waals surface area contributed by atoms with Crippen LogP contribution in [0.2, 0.25) is 0 Å². The second kappa shape index (κ2) is 10.3. The van der Waals surface area contributed by atoms with E-state index in [1.54, 1.807) is 6.92 Å². The lowest BCUT2D eigenvalue weighted by Gasteiger charge is -2.30. The Balaban J connectivity index is 1.44. The van der Waals surface area contributed by atoms with Crippen molar-refractivity contribution >= 4 is 45.5 Å². The Hall–Kier alpha value is -3.39. The van der Waals surface area contributed by atoms with E-state index in [9.17, 15) is 9.59 Å². The number of piperidine rings is 1. The highest BCUT2D eigenvalue weighted by Crippen LogP contribution is 2.30. The first kappa shape index (κ1) is 23.8. The molecule has 1 aromatic heterocycles. The molecule has 1 saturated heterocycles. The first-order valence-electron chi connectivity index (χ1n) is 11.6. The number of thiazole rings is 1. The monoisotopic (exact) mass is 477 g/mol. The molecule has 2 heterocycles. The fourth-order valence-electron chi connectivity index (χ4n) is 4.45. The largest absolute Gasteiger partial charge is 0.370 e. The van der Waals surface area contributed by atoms with E-state index in [1.165, 1.54) is 17.8 Å². The molecule has 0 atom stereocenters. The van der Waals surface area contributed by atoms with Gasteiger partial charge in [0.15, 0.2) is 5.13 Å². The lowest BCUT2D eigenvalue weighted by atomic mass is 10.1. The smallest absolute Gasteiger partial charge is 0.325 e. The standard InChI is InChI=1S/C26H31N5O2S/c1-16-14-17(2)22(18(3)15-16)29-24(32)23-19(4)27-26(34-23)30-25(33)28-20-10-6-7-11-21(20)31-12-8-5-9-13-31/h6-7,10-11,14-15H,5,8-9,12-13H2,1-4H3,(H,29,32)(H2,27,28,30,33). The number of benzene rings is 2. The van der Waals surface area contributed by atoms with Gasteiger partial charge in [-0.25, -0.2) is 9.78 Å². The highest BCUT2D eigenvalue weighted by Gasteiger charge is 2.20. The molecule has 0 bridgehead atoms. The third-order valence-corrected chi connectivity index (χ3v) is 7.06. The number of nitrogens with one attached hydrogen (secondary N) is 3. The molecule has 1 aliphatic heterocycles. The summed E-state index contributed by atoms with van der Waals surface area (Å²) in [5.41, 5.74) is 6.35. The van der Waals surface area contributed by atoms with Gasteiger partial charge in [-0.1, -0.05) is 41.2 Å². The molecule has 0 unspecified atom stereocenters.